The Morgan fingerprint density at radius 1 is 1.32 bits per heavy atom. The van der Waals surface area contributed by atoms with Crippen molar-refractivity contribution in [1.29, 1.82) is 0 Å². The molecule has 7 nitrogen and oxygen atoms in total. The molecule has 1 saturated heterocycles. The summed E-state index contributed by atoms with van der Waals surface area (Å²) in [4.78, 5) is 24.2. The highest BCUT2D eigenvalue weighted by Crippen LogP contribution is 2.46. The number of amidine groups is 1. The third-order valence-corrected chi connectivity index (χ3v) is 5.83. The lowest BCUT2D eigenvalue weighted by molar-refractivity contribution is 0.00886. The van der Waals surface area contributed by atoms with E-state index in [9.17, 15) is 13.6 Å². The first kappa shape index (κ1) is 18.8. The quantitative estimate of drug-likeness (QED) is 0.812. The number of aromatic nitrogens is 2. The van der Waals surface area contributed by atoms with Gasteiger partial charge in [0.2, 0.25) is 5.82 Å². The molecular formula is C18H17F2N5O2S. The van der Waals surface area contributed by atoms with Crippen LogP contribution in [0.4, 0.5) is 14.5 Å². The van der Waals surface area contributed by atoms with Crippen LogP contribution in [-0.2, 0) is 10.3 Å². The Labute approximate surface area is 163 Å². The van der Waals surface area contributed by atoms with Crippen molar-refractivity contribution >= 4 is 28.5 Å². The summed E-state index contributed by atoms with van der Waals surface area (Å²) in [5.74, 6) is -1.23. The fourth-order valence-electron chi connectivity index (χ4n) is 3.51. The number of fused-ring (bicyclic) bond motifs is 1. The van der Waals surface area contributed by atoms with Gasteiger partial charge >= 0.3 is 0 Å². The number of carbonyl (C=O) groups is 1. The number of thioether (sulfide) groups is 1. The summed E-state index contributed by atoms with van der Waals surface area (Å²) in [5.41, 5.74) is 5.85. The van der Waals surface area contributed by atoms with E-state index in [-0.39, 0.29) is 11.7 Å². The first-order valence-electron chi connectivity index (χ1n) is 8.63. The first-order valence-corrected chi connectivity index (χ1v) is 9.61. The Morgan fingerprint density at radius 2 is 2.11 bits per heavy atom. The lowest BCUT2D eigenvalue weighted by atomic mass is 9.75. The van der Waals surface area contributed by atoms with Gasteiger partial charge in [-0.15, -0.1) is 0 Å². The molecule has 1 aromatic carbocycles. The number of nitrogens with two attached hydrogens (primary N) is 1. The van der Waals surface area contributed by atoms with Gasteiger partial charge < -0.3 is 15.8 Å². The minimum Gasteiger partial charge on any atom is -0.381 e. The van der Waals surface area contributed by atoms with Crippen LogP contribution in [0.3, 0.4) is 0 Å². The second-order valence-electron chi connectivity index (χ2n) is 6.58. The Bertz CT molecular complexity index is 940. The fraction of sp³-hybridized carbons (Fsp3) is 0.333. The highest BCUT2D eigenvalue weighted by molar-refractivity contribution is 8.13. The molecule has 2 unspecified atom stereocenters. The molecule has 0 bridgehead atoms. The standard InChI is InChI=1S/C18H17F2N5O2S/c19-11-6-22-15(23-7-11)16(26)24-12-1-2-14(20)13(5-12)18-3-4-27-8-10(18)9-28-17(21)25-18/h1-2,5-7,10H,3-4,8-9H2,(H2,21,25)(H,24,26). The first-order chi connectivity index (χ1) is 13.5. The van der Waals surface area contributed by atoms with Crippen LogP contribution in [0.5, 0.6) is 0 Å². The number of aliphatic imine (C=N–C) groups is 1. The van der Waals surface area contributed by atoms with E-state index < -0.39 is 23.1 Å². The third kappa shape index (κ3) is 3.45. The van der Waals surface area contributed by atoms with Gasteiger partial charge in [-0.2, -0.15) is 0 Å². The van der Waals surface area contributed by atoms with Crippen molar-refractivity contribution in [1.82, 2.24) is 9.97 Å². The van der Waals surface area contributed by atoms with Gasteiger partial charge in [0.25, 0.3) is 5.91 Å². The van der Waals surface area contributed by atoms with Crippen molar-refractivity contribution in [3.8, 4) is 0 Å². The number of ether oxygens (including phenoxy) is 1. The van der Waals surface area contributed by atoms with Crippen molar-refractivity contribution in [3.63, 3.8) is 0 Å². The van der Waals surface area contributed by atoms with Crippen LogP contribution in [0.15, 0.2) is 35.6 Å². The molecule has 1 aromatic heterocycles. The van der Waals surface area contributed by atoms with Gasteiger partial charge in [0.05, 0.1) is 24.5 Å². The maximum Gasteiger partial charge on any atom is 0.293 e. The number of hydrogen-bond donors (Lipinski definition) is 2. The van der Waals surface area contributed by atoms with E-state index in [1.165, 1.54) is 23.9 Å². The molecule has 10 heteroatoms. The minimum absolute atomic E-state index is 0.0283. The molecular weight excluding hydrogens is 388 g/mol. The molecule has 1 amide bonds. The highest BCUT2D eigenvalue weighted by Gasteiger charge is 2.47. The normalized spacial score (nSPS) is 24.2. The lowest BCUT2D eigenvalue weighted by Crippen LogP contribution is -2.47. The van der Waals surface area contributed by atoms with Crippen molar-refractivity contribution in [3.05, 3.63) is 53.6 Å². The maximum absolute atomic E-state index is 14.8. The molecule has 2 aliphatic heterocycles. The Hall–Kier alpha value is -2.59. The third-order valence-electron chi connectivity index (χ3n) is 4.88. The number of benzene rings is 1. The zero-order chi connectivity index (χ0) is 19.7. The zero-order valence-corrected chi connectivity index (χ0v) is 15.5. The van der Waals surface area contributed by atoms with Gasteiger partial charge in [0.15, 0.2) is 11.0 Å². The number of carbonyl (C=O) groups excluding carboxylic acids is 1. The van der Waals surface area contributed by atoms with E-state index in [1.807, 2.05) is 0 Å². The Morgan fingerprint density at radius 3 is 2.89 bits per heavy atom. The SMILES string of the molecule is NC1=NC2(c3cc(NC(=O)c4ncc(F)cn4)ccc3F)CCOCC2CS1. The summed E-state index contributed by atoms with van der Waals surface area (Å²) in [5, 5.41) is 3.03. The number of halogens is 2. The predicted octanol–water partition coefficient (Wildman–Crippen LogP) is 2.30. The number of hydrogen-bond acceptors (Lipinski definition) is 7. The topological polar surface area (TPSA) is 102 Å². The summed E-state index contributed by atoms with van der Waals surface area (Å²) in [6, 6.07) is 4.28. The van der Waals surface area contributed by atoms with Crippen LogP contribution < -0.4 is 11.1 Å². The molecule has 146 valence electrons. The van der Waals surface area contributed by atoms with E-state index in [0.717, 1.165) is 12.4 Å². The van der Waals surface area contributed by atoms with Crippen molar-refractivity contribution < 1.29 is 18.3 Å². The van der Waals surface area contributed by atoms with Crippen LogP contribution in [0.2, 0.25) is 0 Å². The molecule has 1 fully saturated rings. The maximum atomic E-state index is 14.8. The fourth-order valence-corrected chi connectivity index (χ4v) is 4.48. The van der Waals surface area contributed by atoms with E-state index in [1.54, 1.807) is 6.07 Å². The van der Waals surface area contributed by atoms with Gasteiger partial charge in [-0.1, -0.05) is 11.8 Å². The van der Waals surface area contributed by atoms with Crippen molar-refractivity contribution in [2.24, 2.45) is 16.6 Å². The number of nitrogens with zero attached hydrogens (tertiary/aromatic N) is 3. The molecule has 4 rings (SSSR count). The molecule has 0 radical (unpaired) electrons. The minimum atomic E-state index is -0.829. The zero-order valence-electron chi connectivity index (χ0n) is 14.7. The number of rotatable bonds is 3. The van der Waals surface area contributed by atoms with Crippen molar-refractivity contribution in [2.45, 2.75) is 12.0 Å². The average molecular weight is 405 g/mol. The predicted molar refractivity (Wildman–Crippen MR) is 101 cm³/mol. The summed E-state index contributed by atoms with van der Waals surface area (Å²) in [6.07, 6.45) is 2.30. The lowest BCUT2D eigenvalue weighted by Gasteiger charge is -2.44. The molecule has 2 aliphatic rings. The molecule has 2 atom stereocenters. The highest BCUT2D eigenvalue weighted by atomic mass is 32.2. The van der Waals surface area contributed by atoms with Crippen molar-refractivity contribution in [2.75, 3.05) is 24.3 Å². The summed E-state index contributed by atoms with van der Waals surface area (Å²) >= 11 is 1.42. The molecule has 28 heavy (non-hydrogen) atoms. The van der Waals surface area contributed by atoms with Crippen LogP contribution in [0.25, 0.3) is 0 Å². The smallest absolute Gasteiger partial charge is 0.293 e. The van der Waals surface area contributed by atoms with Gasteiger partial charge in [-0.05, 0) is 18.2 Å². The molecule has 0 spiro atoms. The van der Waals surface area contributed by atoms with Gasteiger partial charge in [0, 0.05) is 35.9 Å². The average Bonchev–Trinajstić information content (AvgIpc) is 2.69. The monoisotopic (exact) mass is 405 g/mol. The van der Waals surface area contributed by atoms with E-state index >= 15 is 0 Å². The van der Waals surface area contributed by atoms with Crippen LogP contribution in [-0.4, -0.2) is 40.0 Å². The van der Waals surface area contributed by atoms with E-state index in [2.05, 4.69) is 20.3 Å². The molecule has 3 heterocycles. The largest absolute Gasteiger partial charge is 0.381 e. The molecule has 0 saturated carbocycles. The van der Waals surface area contributed by atoms with Gasteiger partial charge in [-0.25, -0.2) is 18.7 Å². The summed E-state index contributed by atoms with van der Waals surface area (Å²) in [7, 11) is 0. The Balaban J connectivity index is 1.68. The van der Waals surface area contributed by atoms with Gasteiger partial charge in [0.1, 0.15) is 5.82 Å². The Kier molecular flexibility index (Phi) is 4.98. The molecule has 3 N–H and O–H groups in total. The van der Waals surface area contributed by atoms with Crippen LogP contribution in [0, 0.1) is 17.6 Å². The summed E-state index contributed by atoms with van der Waals surface area (Å²) in [6.45, 7) is 0.903. The summed E-state index contributed by atoms with van der Waals surface area (Å²) < 4.78 is 33.3. The number of nitrogens with one attached hydrogen (secondary N) is 1. The van der Waals surface area contributed by atoms with E-state index in [4.69, 9.17) is 10.5 Å². The molecule has 0 aliphatic carbocycles. The number of anilines is 1. The second kappa shape index (κ2) is 7.44. The number of amides is 1. The van der Waals surface area contributed by atoms with E-state index in [0.29, 0.717) is 41.8 Å². The van der Waals surface area contributed by atoms with Crippen LogP contribution >= 0.6 is 11.8 Å². The second-order valence-corrected chi connectivity index (χ2v) is 7.62. The van der Waals surface area contributed by atoms with Crippen LogP contribution in [0.1, 0.15) is 22.6 Å². The molecule has 2 aromatic rings. The van der Waals surface area contributed by atoms with Gasteiger partial charge in [-0.3, -0.25) is 9.79 Å².